The second-order valence-electron chi connectivity index (χ2n) is 8.42. The molecule has 5 rings (SSSR count). The van der Waals surface area contributed by atoms with Crippen LogP contribution in [-0.4, -0.2) is 58.9 Å². The Morgan fingerprint density at radius 2 is 1.44 bits per heavy atom. The third kappa shape index (κ3) is 4.24. The topological polar surface area (TPSA) is 73.1 Å². The van der Waals surface area contributed by atoms with Crippen LogP contribution >= 0.6 is 0 Å². The van der Waals surface area contributed by atoms with E-state index in [1.807, 2.05) is 17.0 Å². The summed E-state index contributed by atoms with van der Waals surface area (Å²) < 4.78 is 13.6. The molecule has 1 amide bonds. The van der Waals surface area contributed by atoms with Crippen molar-refractivity contribution in [3.63, 3.8) is 0 Å². The molecule has 1 aliphatic heterocycles. The fourth-order valence-electron chi connectivity index (χ4n) is 4.09. The summed E-state index contributed by atoms with van der Waals surface area (Å²) in [5, 5.41) is 9.15. The van der Waals surface area contributed by atoms with Crippen LogP contribution < -0.4 is 0 Å². The molecule has 1 aliphatic rings. The van der Waals surface area contributed by atoms with Gasteiger partial charge in [0.1, 0.15) is 5.82 Å². The minimum atomic E-state index is -0.329. The first-order valence-electron chi connectivity index (χ1n) is 11.1. The first-order chi connectivity index (χ1) is 16.5. The molecule has 0 radical (unpaired) electrons. The summed E-state index contributed by atoms with van der Waals surface area (Å²) in [5.41, 5.74) is 5.09. The van der Waals surface area contributed by atoms with Gasteiger partial charge in [-0.1, -0.05) is 12.1 Å². The number of piperazine rings is 1. The molecule has 0 atom stereocenters. The van der Waals surface area contributed by atoms with Gasteiger partial charge in [0.05, 0.1) is 34.1 Å². The van der Waals surface area contributed by atoms with Crippen LogP contribution in [-0.2, 0) is 0 Å². The van der Waals surface area contributed by atoms with Crippen molar-refractivity contribution in [2.24, 2.45) is 0 Å². The van der Waals surface area contributed by atoms with Gasteiger partial charge >= 0.3 is 0 Å². The fourth-order valence-corrected chi connectivity index (χ4v) is 4.09. The molecular weight excluding hydrogens is 429 g/mol. The van der Waals surface area contributed by atoms with Crippen LogP contribution in [0.4, 0.5) is 4.39 Å². The van der Waals surface area contributed by atoms with Crippen LogP contribution in [0.5, 0.6) is 0 Å². The predicted octanol–water partition coefficient (Wildman–Crippen LogP) is 4.36. The van der Waals surface area contributed by atoms with Gasteiger partial charge in [-0.3, -0.25) is 4.79 Å². The molecule has 1 aromatic heterocycles. The lowest BCUT2D eigenvalue weighted by atomic mass is 10.0. The molecule has 7 heteroatoms. The van der Waals surface area contributed by atoms with Crippen molar-refractivity contribution < 1.29 is 9.18 Å². The zero-order valence-electron chi connectivity index (χ0n) is 18.7. The third-order valence-corrected chi connectivity index (χ3v) is 6.11. The van der Waals surface area contributed by atoms with Crippen LogP contribution in [0.15, 0.2) is 66.7 Å². The summed E-state index contributed by atoms with van der Waals surface area (Å²) >= 11 is 0. The Hall–Kier alpha value is -4.15. The summed E-state index contributed by atoms with van der Waals surface area (Å²) in [6, 6.07) is 20.7. The molecule has 0 bridgehead atoms. The molecule has 1 fully saturated rings. The van der Waals surface area contributed by atoms with E-state index >= 15 is 0 Å². The minimum Gasteiger partial charge on any atom is -0.336 e. The van der Waals surface area contributed by atoms with Crippen molar-refractivity contribution in [1.82, 2.24) is 19.8 Å². The van der Waals surface area contributed by atoms with Crippen molar-refractivity contribution in [1.29, 1.82) is 5.26 Å². The number of likely N-dealkylation sites (N-methyl/N-ethyl adjacent to an activating group) is 1. The van der Waals surface area contributed by atoms with Crippen LogP contribution in [0, 0.1) is 17.1 Å². The highest BCUT2D eigenvalue weighted by atomic mass is 19.1. The number of benzene rings is 3. The fraction of sp³-hybridized carbons (Fsp3) is 0.185. The SMILES string of the molecule is CN1CCN(C(=O)c2ccc3nc(-c4ccc(F)cc4)c(-c4ccc(C#N)cc4)nc3c2)CC1. The van der Waals surface area contributed by atoms with E-state index < -0.39 is 0 Å². The highest BCUT2D eigenvalue weighted by Gasteiger charge is 2.21. The maximum atomic E-state index is 13.6. The number of fused-ring (bicyclic) bond motifs is 1. The standard InChI is InChI=1S/C27H22FN5O/c1-32-12-14-33(15-13-32)27(34)21-8-11-23-24(16-21)31-26(19-4-2-18(17-29)3-5-19)25(30-23)20-6-9-22(28)10-7-20/h2-11,16H,12-15H2,1H3. The Labute approximate surface area is 196 Å². The van der Waals surface area contributed by atoms with E-state index in [4.69, 9.17) is 15.2 Å². The van der Waals surface area contributed by atoms with Crippen molar-refractivity contribution in [2.75, 3.05) is 33.2 Å². The Morgan fingerprint density at radius 1 is 0.853 bits per heavy atom. The van der Waals surface area contributed by atoms with E-state index in [0.29, 0.717) is 46.6 Å². The van der Waals surface area contributed by atoms with E-state index in [1.54, 1.807) is 42.5 Å². The number of carbonyl (C=O) groups excluding carboxylic acids is 1. The quantitative estimate of drug-likeness (QED) is 0.463. The number of halogens is 1. The molecule has 168 valence electrons. The molecule has 0 saturated carbocycles. The van der Waals surface area contributed by atoms with E-state index in [0.717, 1.165) is 24.2 Å². The number of amides is 1. The number of hydrogen-bond donors (Lipinski definition) is 0. The summed E-state index contributed by atoms with van der Waals surface area (Å²) in [6.45, 7) is 3.09. The molecule has 0 aliphatic carbocycles. The van der Waals surface area contributed by atoms with Crippen LogP contribution in [0.3, 0.4) is 0 Å². The first-order valence-corrected chi connectivity index (χ1v) is 11.1. The molecule has 0 N–H and O–H groups in total. The number of rotatable bonds is 3. The summed E-state index contributed by atoms with van der Waals surface area (Å²) in [6.07, 6.45) is 0. The largest absolute Gasteiger partial charge is 0.336 e. The number of carbonyl (C=O) groups is 1. The Kier molecular flexibility index (Phi) is 5.74. The maximum Gasteiger partial charge on any atom is 0.254 e. The van der Waals surface area contributed by atoms with E-state index in [2.05, 4.69) is 18.0 Å². The van der Waals surface area contributed by atoms with Gasteiger partial charge in [-0.05, 0) is 61.6 Å². The number of hydrogen-bond acceptors (Lipinski definition) is 5. The summed E-state index contributed by atoms with van der Waals surface area (Å²) in [5.74, 6) is -0.344. The van der Waals surface area contributed by atoms with Crippen molar-refractivity contribution in [2.45, 2.75) is 0 Å². The van der Waals surface area contributed by atoms with Crippen LogP contribution in [0.2, 0.25) is 0 Å². The minimum absolute atomic E-state index is 0.0145. The molecule has 6 nitrogen and oxygen atoms in total. The van der Waals surface area contributed by atoms with Crippen molar-refractivity contribution in [3.05, 3.63) is 83.7 Å². The molecule has 1 saturated heterocycles. The Balaban J connectivity index is 1.61. The van der Waals surface area contributed by atoms with Gasteiger partial charge in [0.15, 0.2) is 0 Å². The van der Waals surface area contributed by atoms with Gasteiger partial charge < -0.3 is 9.80 Å². The van der Waals surface area contributed by atoms with Gasteiger partial charge in [-0.15, -0.1) is 0 Å². The average molecular weight is 452 g/mol. The third-order valence-electron chi connectivity index (χ3n) is 6.11. The molecule has 3 aromatic carbocycles. The lowest BCUT2D eigenvalue weighted by molar-refractivity contribution is 0.0664. The molecule has 0 unspecified atom stereocenters. The zero-order chi connectivity index (χ0) is 23.7. The zero-order valence-corrected chi connectivity index (χ0v) is 18.7. The number of nitrogens with zero attached hydrogens (tertiary/aromatic N) is 5. The maximum absolute atomic E-state index is 13.6. The van der Waals surface area contributed by atoms with Crippen LogP contribution in [0.1, 0.15) is 15.9 Å². The number of nitriles is 1. The van der Waals surface area contributed by atoms with Gasteiger partial charge in [0, 0.05) is 42.9 Å². The Bertz CT molecular complexity index is 1400. The highest BCUT2D eigenvalue weighted by molar-refractivity contribution is 5.98. The van der Waals surface area contributed by atoms with Gasteiger partial charge in [0.25, 0.3) is 5.91 Å². The van der Waals surface area contributed by atoms with E-state index in [9.17, 15) is 9.18 Å². The van der Waals surface area contributed by atoms with Gasteiger partial charge in [-0.2, -0.15) is 5.26 Å². The Morgan fingerprint density at radius 3 is 2.06 bits per heavy atom. The summed E-state index contributed by atoms with van der Waals surface area (Å²) in [7, 11) is 2.05. The van der Waals surface area contributed by atoms with Crippen LogP contribution in [0.25, 0.3) is 33.5 Å². The first kappa shape index (κ1) is 21.7. The van der Waals surface area contributed by atoms with Crippen molar-refractivity contribution >= 4 is 16.9 Å². The van der Waals surface area contributed by atoms with E-state index in [-0.39, 0.29) is 11.7 Å². The molecule has 4 aromatic rings. The highest BCUT2D eigenvalue weighted by Crippen LogP contribution is 2.31. The molecule has 34 heavy (non-hydrogen) atoms. The average Bonchev–Trinajstić information content (AvgIpc) is 2.88. The number of aromatic nitrogens is 2. The normalized spacial score (nSPS) is 14.2. The molecule has 2 heterocycles. The second-order valence-corrected chi connectivity index (χ2v) is 8.42. The molecule has 0 spiro atoms. The molecular formula is C27H22FN5O. The smallest absolute Gasteiger partial charge is 0.254 e. The lowest BCUT2D eigenvalue weighted by Gasteiger charge is -2.32. The lowest BCUT2D eigenvalue weighted by Crippen LogP contribution is -2.47. The predicted molar refractivity (Wildman–Crippen MR) is 128 cm³/mol. The monoisotopic (exact) mass is 451 g/mol. The second kappa shape index (κ2) is 9.00. The van der Waals surface area contributed by atoms with Gasteiger partial charge in [0.2, 0.25) is 0 Å². The van der Waals surface area contributed by atoms with Gasteiger partial charge in [-0.25, -0.2) is 14.4 Å². The summed E-state index contributed by atoms with van der Waals surface area (Å²) in [4.78, 5) is 26.9. The van der Waals surface area contributed by atoms with E-state index in [1.165, 1.54) is 12.1 Å². The van der Waals surface area contributed by atoms with Crippen molar-refractivity contribution in [3.8, 4) is 28.6 Å².